The number of carbonyl (C=O) groups is 1. The summed E-state index contributed by atoms with van der Waals surface area (Å²) in [6.45, 7) is 4.08. The van der Waals surface area contributed by atoms with E-state index in [1.165, 1.54) is 18.4 Å². The van der Waals surface area contributed by atoms with Crippen molar-refractivity contribution in [3.05, 3.63) is 53.5 Å². The number of hydrogen-bond donors (Lipinski definition) is 2. The van der Waals surface area contributed by atoms with Crippen molar-refractivity contribution < 1.29 is 24.2 Å². The highest BCUT2D eigenvalue weighted by Crippen LogP contribution is 2.67. The molecule has 2 saturated carbocycles. The molecule has 3 heterocycles. The number of nitrogens with zero attached hydrogens (tertiary/aromatic N) is 2. The van der Waals surface area contributed by atoms with Gasteiger partial charge in [0.15, 0.2) is 11.5 Å². The van der Waals surface area contributed by atoms with E-state index in [1.54, 1.807) is 35.6 Å². The van der Waals surface area contributed by atoms with Gasteiger partial charge in [0.2, 0.25) is 5.91 Å². The predicted octanol–water partition coefficient (Wildman–Crippen LogP) is 3.34. The van der Waals surface area contributed by atoms with Crippen molar-refractivity contribution in [2.24, 2.45) is 11.8 Å². The fraction of sp³-hybridized carbons (Fsp3) is 0.552. The Kier molecular flexibility index (Phi) is 4.75. The number of piperidine rings is 1. The van der Waals surface area contributed by atoms with E-state index in [1.807, 2.05) is 19.2 Å². The largest absolute Gasteiger partial charge is 0.504 e. The standard InChI is InChI=1S/C29H34N2O5/c1-17-13-21(30(2)24(33)8-5-19-9-12-35-16-19)27-28-10-11-31(15-18-3-4-18)23(29(17,28)34)14-20-6-7-22(32)26(36-27)25(20)28/h5-9,12,16-18,21,23,27,32,34H,3-4,10-11,13-15H2,1-2H3/t17-,21+,23+,27-,28-,29+/m0/s1. The molecule has 1 saturated heterocycles. The SMILES string of the molecule is C[C@H]1C[C@@H](N(C)C(=O)C=Cc2ccoc2)[C@@H]2Oc3c(O)ccc4c3[C@@]23CCN(CC2CC2)[C@H](C4)[C@]13O. The second-order valence-electron chi connectivity index (χ2n) is 11.7. The van der Waals surface area contributed by atoms with E-state index >= 15 is 0 Å². The number of likely N-dealkylation sites (tertiary alicyclic amines) is 1. The van der Waals surface area contributed by atoms with Crippen molar-refractivity contribution in [1.82, 2.24) is 9.80 Å². The van der Waals surface area contributed by atoms with Gasteiger partial charge in [0.1, 0.15) is 6.10 Å². The number of hydrogen-bond acceptors (Lipinski definition) is 6. The summed E-state index contributed by atoms with van der Waals surface area (Å²) in [5, 5.41) is 23.7. The summed E-state index contributed by atoms with van der Waals surface area (Å²) in [6, 6.07) is 5.35. The maximum absolute atomic E-state index is 13.3. The Balaban J connectivity index is 1.31. The van der Waals surface area contributed by atoms with Crippen LogP contribution in [0.15, 0.2) is 41.2 Å². The molecule has 36 heavy (non-hydrogen) atoms. The molecular formula is C29H34N2O5. The zero-order valence-electron chi connectivity index (χ0n) is 20.9. The average Bonchev–Trinajstić information content (AvgIpc) is 3.38. The van der Waals surface area contributed by atoms with Crippen LogP contribution >= 0.6 is 0 Å². The molecule has 7 nitrogen and oxygen atoms in total. The Morgan fingerprint density at radius 2 is 2.14 bits per heavy atom. The minimum atomic E-state index is -0.982. The first-order valence-electron chi connectivity index (χ1n) is 13.3. The molecule has 1 aromatic carbocycles. The monoisotopic (exact) mass is 490 g/mol. The van der Waals surface area contributed by atoms with Crippen LogP contribution in [0.25, 0.3) is 6.08 Å². The number of aliphatic hydroxyl groups is 1. The Bertz CT molecular complexity index is 1240. The van der Waals surface area contributed by atoms with E-state index in [9.17, 15) is 15.0 Å². The number of phenolic OH excluding ortho intramolecular Hbond substituents is 1. The Hall–Kier alpha value is -2.77. The van der Waals surface area contributed by atoms with Gasteiger partial charge in [-0.3, -0.25) is 9.69 Å². The smallest absolute Gasteiger partial charge is 0.246 e. The van der Waals surface area contributed by atoms with Crippen molar-refractivity contribution in [2.75, 3.05) is 20.1 Å². The molecule has 7 heteroatoms. The van der Waals surface area contributed by atoms with E-state index in [-0.39, 0.29) is 29.7 Å². The van der Waals surface area contributed by atoms with Gasteiger partial charge >= 0.3 is 0 Å². The fourth-order valence-corrected chi connectivity index (χ4v) is 8.07. The molecule has 3 fully saturated rings. The number of carbonyl (C=O) groups excluding carboxylic acids is 1. The van der Waals surface area contributed by atoms with Gasteiger partial charge in [0, 0.05) is 36.8 Å². The molecule has 5 aliphatic rings. The lowest BCUT2D eigenvalue weighted by atomic mass is 9.45. The van der Waals surface area contributed by atoms with Crippen LogP contribution in [0, 0.1) is 11.8 Å². The van der Waals surface area contributed by atoms with Crippen LogP contribution in [-0.2, 0) is 16.6 Å². The van der Waals surface area contributed by atoms with Crippen LogP contribution in [0.4, 0.5) is 0 Å². The molecule has 2 bridgehead atoms. The molecule has 1 aromatic heterocycles. The highest BCUT2D eigenvalue weighted by molar-refractivity contribution is 5.92. The number of amides is 1. The van der Waals surface area contributed by atoms with Gasteiger partial charge in [-0.1, -0.05) is 13.0 Å². The predicted molar refractivity (Wildman–Crippen MR) is 134 cm³/mol. The number of rotatable bonds is 5. The van der Waals surface area contributed by atoms with Crippen LogP contribution in [0.2, 0.25) is 0 Å². The van der Waals surface area contributed by atoms with E-state index < -0.39 is 17.1 Å². The van der Waals surface area contributed by atoms with Crippen molar-refractivity contribution in [3.8, 4) is 11.5 Å². The first-order valence-corrected chi connectivity index (χ1v) is 13.3. The van der Waals surface area contributed by atoms with E-state index in [0.717, 1.165) is 43.0 Å². The van der Waals surface area contributed by atoms with Crippen LogP contribution in [0.5, 0.6) is 11.5 Å². The van der Waals surface area contributed by atoms with Gasteiger partial charge in [-0.25, -0.2) is 0 Å². The molecule has 3 aliphatic carbocycles. The van der Waals surface area contributed by atoms with Crippen LogP contribution in [-0.4, -0.2) is 69.8 Å². The zero-order valence-corrected chi connectivity index (χ0v) is 20.9. The summed E-state index contributed by atoms with van der Waals surface area (Å²) in [6.07, 6.45) is 10.8. The molecule has 2 aromatic rings. The third-order valence-electron chi connectivity index (χ3n) is 9.96. The lowest BCUT2D eigenvalue weighted by Gasteiger charge is -2.67. The first-order chi connectivity index (χ1) is 17.3. The fourth-order valence-electron chi connectivity index (χ4n) is 8.07. The summed E-state index contributed by atoms with van der Waals surface area (Å²) in [7, 11) is 1.83. The number of likely N-dealkylation sites (N-methyl/N-ethyl adjacent to an activating group) is 1. The second-order valence-corrected chi connectivity index (χ2v) is 11.7. The van der Waals surface area contributed by atoms with Gasteiger partial charge < -0.3 is 24.3 Å². The molecule has 2 N–H and O–H groups in total. The number of ether oxygens (including phenoxy) is 1. The maximum atomic E-state index is 13.3. The minimum absolute atomic E-state index is 0.0129. The van der Waals surface area contributed by atoms with Crippen molar-refractivity contribution in [1.29, 1.82) is 0 Å². The van der Waals surface area contributed by atoms with Gasteiger partial charge in [-0.2, -0.15) is 0 Å². The van der Waals surface area contributed by atoms with Crippen molar-refractivity contribution >= 4 is 12.0 Å². The molecule has 6 atom stereocenters. The number of furan rings is 1. The Labute approximate surface area is 211 Å². The lowest BCUT2D eigenvalue weighted by Crippen LogP contribution is -2.80. The highest BCUT2D eigenvalue weighted by atomic mass is 16.5. The second kappa shape index (κ2) is 7.62. The number of aromatic hydroxyl groups is 1. The zero-order chi connectivity index (χ0) is 24.8. The maximum Gasteiger partial charge on any atom is 0.246 e. The van der Waals surface area contributed by atoms with Gasteiger partial charge in [0.25, 0.3) is 0 Å². The van der Waals surface area contributed by atoms with Crippen LogP contribution in [0.3, 0.4) is 0 Å². The summed E-state index contributed by atoms with van der Waals surface area (Å²) >= 11 is 0. The number of phenols is 1. The van der Waals surface area contributed by atoms with E-state index in [0.29, 0.717) is 12.2 Å². The van der Waals surface area contributed by atoms with Gasteiger partial charge in [-0.15, -0.1) is 0 Å². The Morgan fingerprint density at radius 3 is 2.89 bits per heavy atom. The summed E-state index contributed by atoms with van der Waals surface area (Å²) in [5.41, 5.74) is 1.36. The first kappa shape index (κ1) is 22.4. The van der Waals surface area contributed by atoms with Crippen LogP contribution < -0.4 is 4.74 Å². The third kappa shape index (κ3) is 2.84. The molecule has 0 unspecified atom stereocenters. The quantitative estimate of drug-likeness (QED) is 0.626. The van der Waals surface area contributed by atoms with Gasteiger partial charge in [0.05, 0.1) is 29.6 Å². The molecule has 1 spiro atoms. The molecule has 0 radical (unpaired) electrons. The molecule has 7 rings (SSSR count). The molecule has 1 amide bonds. The molecular weight excluding hydrogens is 456 g/mol. The van der Waals surface area contributed by atoms with Crippen LogP contribution in [0.1, 0.15) is 49.3 Å². The lowest BCUT2D eigenvalue weighted by molar-refractivity contribution is -0.224. The summed E-state index contributed by atoms with van der Waals surface area (Å²) in [4.78, 5) is 17.6. The summed E-state index contributed by atoms with van der Waals surface area (Å²) in [5.74, 6) is 1.23. The number of benzene rings is 1. The normalized spacial score (nSPS) is 36.5. The highest BCUT2D eigenvalue weighted by Gasteiger charge is 2.75. The van der Waals surface area contributed by atoms with Crippen molar-refractivity contribution in [3.63, 3.8) is 0 Å². The topological polar surface area (TPSA) is 86.4 Å². The molecule has 190 valence electrons. The average molecular weight is 491 g/mol. The van der Waals surface area contributed by atoms with E-state index in [4.69, 9.17) is 9.15 Å². The van der Waals surface area contributed by atoms with E-state index in [2.05, 4.69) is 11.8 Å². The van der Waals surface area contributed by atoms with Gasteiger partial charge in [-0.05, 0) is 74.3 Å². The Morgan fingerprint density at radius 1 is 1.31 bits per heavy atom. The van der Waals surface area contributed by atoms with Crippen molar-refractivity contribution in [2.45, 2.75) is 68.2 Å². The minimum Gasteiger partial charge on any atom is -0.504 e. The summed E-state index contributed by atoms with van der Waals surface area (Å²) < 4.78 is 11.7. The molecule has 2 aliphatic heterocycles. The third-order valence-corrected chi connectivity index (χ3v) is 9.96.